The lowest BCUT2D eigenvalue weighted by atomic mass is 10.1. The van der Waals surface area contributed by atoms with E-state index in [1.807, 2.05) is 6.07 Å². The Morgan fingerprint density at radius 3 is 1.97 bits per heavy atom. The molecule has 0 aliphatic heterocycles. The summed E-state index contributed by atoms with van der Waals surface area (Å²) in [4.78, 5) is 28.3. The molecule has 1 rings (SSSR count). The predicted molar refractivity (Wildman–Crippen MR) is 119 cm³/mol. The van der Waals surface area contributed by atoms with E-state index in [4.69, 9.17) is 4.84 Å². The van der Waals surface area contributed by atoms with Crippen LogP contribution < -0.4 is 5.48 Å². The molecule has 0 bridgehead atoms. The smallest absolute Gasteiger partial charge is 0.335 e. The van der Waals surface area contributed by atoms with Crippen molar-refractivity contribution >= 4 is 11.9 Å². The summed E-state index contributed by atoms with van der Waals surface area (Å²) in [6.07, 6.45) is 21.0. The molecule has 4 heteroatoms. The van der Waals surface area contributed by atoms with E-state index < -0.39 is 5.97 Å². The molecule has 0 radical (unpaired) electrons. The van der Waals surface area contributed by atoms with E-state index in [0.717, 1.165) is 25.7 Å². The Hall–Kier alpha value is -2.10. The Morgan fingerprint density at radius 1 is 0.793 bits per heavy atom. The van der Waals surface area contributed by atoms with E-state index in [0.29, 0.717) is 12.0 Å². The van der Waals surface area contributed by atoms with Crippen molar-refractivity contribution in [1.82, 2.24) is 5.48 Å². The number of carbonyl (C=O) groups is 2. The minimum Gasteiger partial charge on any atom is -0.335 e. The fourth-order valence-corrected chi connectivity index (χ4v) is 3.14. The lowest BCUT2D eigenvalue weighted by Gasteiger charge is -2.05. The Labute approximate surface area is 177 Å². The monoisotopic (exact) mass is 401 g/mol. The minimum atomic E-state index is -0.538. The van der Waals surface area contributed by atoms with Gasteiger partial charge in [-0.15, -0.1) is 0 Å². The van der Waals surface area contributed by atoms with E-state index >= 15 is 0 Å². The average molecular weight is 402 g/mol. The van der Waals surface area contributed by atoms with Gasteiger partial charge in [0.1, 0.15) is 0 Å². The summed E-state index contributed by atoms with van der Waals surface area (Å²) in [7, 11) is 0. The summed E-state index contributed by atoms with van der Waals surface area (Å²) >= 11 is 0. The van der Waals surface area contributed by atoms with Gasteiger partial charge in [0.25, 0.3) is 5.91 Å². The maximum atomic E-state index is 11.7. The summed E-state index contributed by atoms with van der Waals surface area (Å²) in [5.74, 6) is -0.782. The van der Waals surface area contributed by atoms with Crippen LogP contribution in [0.25, 0.3) is 0 Å². The fraction of sp³-hybridized carbons (Fsp3) is 0.600. The van der Waals surface area contributed by atoms with Crippen molar-refractivity contribution in [2.45, 2.75) is 96.8 Å². The topological polar surface area (TPSA) is 55.4 Å². The Balaban J connectivity index is 1.87. The molecule has 0 fully saturated rings. The highest BCUT2D eigenvalue weighted by molar-refractivity contribution is 5.90. The van der Waals surface area contributed by atoms with Gasteiger partial charge in [-0.2, -0.15) is 5.48 Å². The maximum Gasteiger partial charge on any atom is 0.362 e. The lowest BCUT2D eigenvalue weighted by molar-refractivity contribution is -0.130. The van der Waals surface area contributed by atoms with Crippen molar-refractivity contribution in [2.75, 3.05) is 0 Å². The molecule has 0 heterocycles. The Kier molecular flexibility index (Phi) is 15.4. The average Bonchev–Trinajstić information content (AvgIpc) is 2.75. The molecule has 1 amide bonds. The van der Waals surface area contributed by atoms with Gasteiger partial charge in [0.15, 0.2) is 0 Å². The van der Waals surface area contributed by atoms with Gasteiger partial charge in [0.05, 0.1) is 5.56 Å². The zero-order valence-corrected chi connectivity index (χ0v) is 18.2. The van der Waals surface area contributed by atoms with E-state index in [-0.39, 0.29) is 5.91 Å². The molecule has 4 nitrogen and oxygen atoms in total. The van der Waals surface area contributed by atoms with Crippen LogP contribution in [0.1, 0.15) is 107 Å². The fourth-order valence-electron chi connectivity index (χ4n) is 3.14. The van der Waals surface area contributed by atoms with Gasteiger partial charge >= 0.3 is 5.97 Å². The SMILES string of the molecule is CCCCCCCC/C=C\CCCCCCCC(=O)NOC(=O)c1ccccc1. The van der Waals surface area contributed by atoms with Gasteiger partial charge in [-0.3, -0.25) is 4.79 Å². The quantitative estimate of drug-likeness (QED) is 0.186. The van der Waals surface area contributed by atoms with Gasteiger partial charge in [0.2, 0.25) is 0 Å². The van der Waals surface area contributed by atoms with Crippen LogP contribution in [-0.2, 0) is 9.63 Å². The standard InChI is InChI=1S/C25H39NO3/c1-2-3-4-5-6-7-8-9-10-11-12-13-14-15-19-22-24(27)26-29-25(28)23-20-17-16-18-21-23/h9-10,16-18,20-21H,2-8,11-15,19,22H2,1H3,(H,26,27)/b10-9-. The predicted octanol–water partition coefficient (Wildman–Crippen LogP) is 6.91. The molecular formula is C25H39NO3. The molecule has 1 aromatic carbocycles. The highest BCUT2D eigenvalue weighted by atomic mass is 16.7. The summed E-state index contributed by atoms with van der Waals surface area (Å²) in [6.45, 7) is 2.26. The van der Waals surface area contributed by atoms with Crippen molar-refractivity contribution in [3.05, 3.63) is 48.0 Å². The van der Waals surface area contributed by atoms with Crippen LogP contribution in [0.4, 0.5) is 0 Å². The molecule has 0 aliphatic rings. The van der Waals surface area contributed by atoms with E-state index in [1.165, 1.54) is 57.8 Å². The van der Waals surface area contributed by atoms with Crippen LogP contribution in [0, 0.1) is 0 Å². The van der Waals surface area contributed by atoms with Gasteiger partial charge in [0, 0.05) is 6.42 Å². The van der Waals surface area contributed by atoms with Gasteiger partial charge < -0.3 is 4.84 Å². The molecule has 1 N–H and O–H groups in total. The number of hydrogen-bond donors (Lipinski definition) is 1. The molecule has 162 valence electrons. The van der Waals surface area contributed by atoms with Crippen LogP contribution in [0.5, 0.6) is 0 Å². The molecule has 1 aromatic rings. The van der Waals surface area contributed by atoms with Crippen LogP contribution in [0.15, 0.2) is 42.5 Å². The Bertz CT molecular complexity index is 569. The number of amides is 1. The molecule has 0 aliphatic carbocycles. The molecule has 29 heavy (non-hydrogen) atoms. The van der Waals surface area contributed by atoms with Crippen LogP contribution >= 0.6 is 0 Å². The second-order valence-corrected chi connectivity index (χ2v) is 7.62. The molecule has 0 saturated carbocycles. The summed E-state index contributed by atoms with van der Waals surface area (Å²) in [5, 5.41) is 0. The third-order valence-corrected chi connectivity index (χ3v) is 4.93. The zero-order chi connectivity index (χ0) is 21.0. The normalized spacial score (nSPS) is 10.9. The number of hydroxylamine groups is 1. The van der Waals surface area contributed by atoms with Gasteiger partial charge in [-0.1, -0.05) is 88.6 Å². The number of carbonyl (C=O) groups excluding carboxylic acids is 2. The van der Waals surface area contributed by atoms with Crippen LogP contribution in [0.3, 0.4) is 0 Å². The van der Waals surface area contributed by atoms with Gasteiger partial charge in [-0.05, 0) is 44.2 Å². The summed E-state index contributed by atoms with van der Waals surface area (Å²) in [6, 6.07) is 8.63. The van der Waals surface area contributed by atoms with E-state index in [1.54, 1.807) is 24.3 Å². The first-order chi connectivity index (χ1) is 14.2. The first-order valence-electron chi connectivity index (χ1n) is 11.4. The maximum absolute atomic E-state index is 11.7. The van der Waals surface area contributed by atoms with Gasteiger partial charge in [-0.25, -0.2) is 4.79 Å². The van der Waals surface area contributed by atoms with Crippen LogP contribution in [0.2, 0.25) is 0 Å². The number of hydrogen-bond acceptors (Lipinski definition) is 3. The molecule has 0 saturated heterocycles. The first-order valence-corrected chi connectivity index (χ1v) is 11.4. The number of nitrogens with one attached hydrogen (secondary N) is 1. The van der Waals surface area contributed by atoms with Crippen LogP contribution in [-0.4, -0.2) is 11.9 Å². The summed E-state index contributed by atoms with van der Waals surface area (Å²) < 4.78 is 0. The van der Waals surface area contributed by atoms with Crippen molar-refractivity contribution in [3.8, 4) is 0 Å². The second-order valence-electron chi connectivity index (χ2n) is 7.62. The number of rotatable bonds is 16. The van der Waals surface area contributed by atoms with E-state index in [9.17, 15) is 9.59 Å². The number of benzene rings is 1. The largest absolute Gasteiger partial charge is 0.362 e. The molecule has 0 aromatic heterocycles. The van der Waals surface area contributed by atoms with Crippen molar-refractivity contribution in [2.24, 2.45) is 0 Å². The second kappa shape index (κ2) is 18.0. The third-order valence-electron chi connectivity index (χ3n) is 4.93. The molecule has 0 spiro atoms. The zero-order valence-electron chi connectivity index (χ0n) is 18.2. The van der Waals surface area contributed by atoms with E-state index in [2.05, 4.69) is 24.6 Å². The lowest BCUT2D eigenvalue weighted by Crippen LogP contribution is -2.26. The number of unbranched alkanes of at least 4 members (excludes halogenated alkanes) is 11. The Morgan fingerprint density at radius 2 is 1.34 bits per heavy atom. The van der Waals surface area contributed by atoms with Crippen molar-refractivity contribution in [3.63, 3.8) is 0 Å². The molecule has 0 unspecified atom stereocenters. The highest BCUT2D eigenvalue weighted by Crippen LogP contribution is 2.10. The molecule has 0 atom stereocenters. The molecular weight excluding hydrogens is 362 g/mol. The summed E-state index contributed by atoms with van der Waals surface area (Å²) in [5.41, 5.74) is 2.66. The first kappa shape index (κ1) is 24.9. The van der Waals surface area contributed by atoms with Crippen molar-refractivity contribution < 1.29 is 14.4 Å². The highest BCUT2D eigenvalue weighted by Gasteiger charge is 2.08. The third kappa shape index (κ3) is 14.5. The number of allylic oxidation sites excluding steroid dienone is 2. The minimum absolute atomic E-state index is 0.244. The van der Waals surface area contributed by atoms with Crippen molar-refractivity contribution in [1.29, 1.82) is 0 Å².